The maximum Gasteiger partial charge on any atom is 0.257 e. The molecule has 106 valence electrons. The lowest BCUT2D eigenvalue weighted by Gasteiger charge is -2.12. The molecule has 0 aliphatic carbocycles. The Kier molecular flexibility index (Phi) is 6.15. The summed E-state index contributed by atoms with van der Waals surface area (Å²) in [4.78, 5) is 11.5. The highest BCUT2D eigenvalue weighted by atomic mass is 16.5. The van der Waals surface area contributed by atoms with E-state index in [0.29, 0.717) is 29.5 Å². The highest BCUT2D eigenvalue weighted by molar-refractivity contribution is 5.77. The van der Waals surface area contributed by atoms with Crippen LogP contribution in [0.1, 0.15) is 19.4 Å². The zero-order chi connectivity index (χ0) is 14.3. The second kappa shape index (κ2) is 7.63. The van der Waals surface area contributed by atoms with Crippen LogP contribution in [-0.4, -0.2) is 31.3 Å². The summed E-state index contributed by atoms with van der Waals surface area (Å²) in [5, 5.41) is 11.8. The lowest BCUT2D eigenvalue weighted by atomic mass is 10.2. The minimum Gasteiger partial charge on any atom is -0.493 e. The molecular weight excluding hydrogens is 246 g/mol. The molecular formula is C14H21NO4. The van der Waals surface area contributed by atoms with Crippen molar-refractivity contribution in [2.24, 2.45) is 5.92 Å². The van der Waals surface area contributed by atoms with E-state index in [1.165, 1.54) is 7.11 Å². The number of carbonyl (C=O) groups excluding carboxylic acids is 1. The molecule has 0 aliphatic rings. The number of aliphatic hydroxyl groups is 1. The zero-order valence-corrected chi connectivity index (χ0v) is 11.6. The SMILES string of the molecule is COc1ccc(CO)cc1OCC(=O)NCC(C)C. The van der Waals surface area contributed by atoms with Gasteiger partial charge in [0.15, 0.2) is 18.1 Å². The number of rotatable bonds is 7. The third-order valence-electron chi connectivity index (χ3n) is 2.48. The Labute approximate surface area is 113 Å². The van der Waals surface area contributed by atoms with Crippen LogP contribution >= 0.6 is 0 Å². The van der Waals surface area contributed by atoms with E-state index in [-0.39, 0.29) is 19.1 Å². The van der Waals surface area contributed by atoms with Gasteiger partial charge in [0.2, 0.25) is 0 Å². The van der Waals surface area contributed by atoms with Gasteiger partial charge in [-0.05, 0) is 23.6 Å². The molecule has 2 N–H and O–H groups in total. The first kappa shape index (κ1) is 15.3. The van der Waals surface area contributed by atoms with E-state index >= 15 is 0 Å². The van der Waals surface area contributed by atoms with Crippen LogP contribution in [0.4, 0.5) is 0 Å². The first-order valence-corrected chi connectivity index (χ1v) is 6.24. The standard InChI is InChI=1S/C14H21NO4/c1-10(2)7-15-14(17)9-19-13-6-11(8-16)4-5-12(13)18-3/h4-6,10,16H,7-9H2,1-3H3,(H,15,17). The van der Waals surface area contributed by atoms with Crippen LogP contribution in [-0.2, 0) is 11.4 Å². The van der Waals surface area contributed by atoms with Crippen molar-refractivity contribution in [2.45, 2.75) is 20.5 Å². The van der Waals surface area contributed by atoms with Gasteiger partial charge in [-0.25, -0.2) is 0 Å². The fraction of sp³-hybridized carbons (Fsp3) is 0.500. The van der Waals surface area contributed by atoms with Crippen LogP contribution in [0.5, 0.6) is 11.5 Å². The van der Waals surface area contributed by atoms with Gasteiger partial charge in [-0.2, -0.15) is 0 Å². The molecule has 0 atom stereocenters. The van der Waals surface area contributed by atoms with Gasteiger partial charge < -0.3 is 19.9 Å². The van der Waals surface area contributed by atoms with E-state index in [2.05, 4.69) is 5.32 Å². The van der Waals surface area contributed by atoms with Crippen molar-refractivity contribution < 1.29 is 19.4 Å². The van der Waals surface area contributed by atoms with Crippen LogP contribution in [0.25, 0.3) is 0 Å². The molecule has 0 fully saturated rings. The third kappa shape index (κ3) is 5.18. The number of carbonyl (C=O) groups is 1. The Balaban J connectivity index is 2.58. The van der Waals surface area contributed by atoms with E-state index in [9.17, 15) is 4.79 Å². The van der Waals surface area contributed by atoms with Crippen molar-refractivity contribution in [1.29, 1.82) is 0 Å². The van der Waals surface area contributed by atoms with Crippen molar-refractivity contribution in [3.8, 4) is 11.5 Å². The van der Waals surface area contributed by atoms with Crippen molar-refractivity contribution in [1.82, 2.24) is 5.32 Å². The molecule has 0 heterocycles. The maximum absolute atomic E-state index is 11.5. The molecule has 1 rings (SSSR count). The zero-order valence-electron chi connectivity index (χ0n) is 11.6. The van der Waals surface area contributed by atoms with Crippen molar-refractivity contribution in [2.75, 3.05) is 20.3 Å². The fourth-order valence-corrected chi connectivity index (χ4v) is 1.44. The van der Waals surface area contributed by atoms with Gasteiger partial charge in [-0.3, -0.25) is 4.79 Å². The molecule has 0 radical (unpaired) electrons. The Bertz CT molecular complexity index is 418. The summed E-state index contributed by atoms with van der Waals surface area (Å²) < 4.78 is 10.6. The Morgan fingerprint density at radius 2 is 2.11 bits per heavy atom. The van der Waals surface area contributed by atoms with Crippen molar-refractivity contribution in [3.63, 3.8) is 0 Å². The van der Waals surface area contributed by atoms with Gasteiger partial charge in [-0.1, -0.05) is 19.9 Å². The van der Waals surface area contributed by atoms with Gasteiger partial charge >= 0.3 is 0 Å². The minimum atomic E-state index is -0.176. The third-order valence-corrected chi connectivity index (χ3v) is 2.48. The monoisotopic (exact) mass is 267 g/mol. The molecule has 1 aromatic carbocycles. The number of amides is 1. The number of ether oxygens (including phenoxy) is 2. The molecule has 1 aromatic rings. The van der Waals surface area contributed by atoms with Gasteiger partial charge in [0.1, 0.15) is 0 Å². The van der Waals surface area contributed by atoms with E-state index in [4.69, 9.17) is 14.6 Å². The van der Waals surface area contributed by atoms with Crippen molar-refractivity contribution >= 4 is 5.91 Å². The van der Waals surface area contributed by atoms with Gasteiger partial charge in [0.25, 0.3) is 5.91 Å². The van der Waals surface area contributed by atoms with Crippen LogP contribution in [0, 0.1) is 5.92 Å². The molecule has 0 saturated heterocycles. The number of methoxy groups -OCH3 is 1. The van der Waals surface area contributed by atoms with Gasteiger partial charge in [0.05, 0.1) is 13.7 Å². The fourth-order valence-electron chi connectivity index (χ4n) is 1.44. The van der Waals surface area contributed by atoms with Gasteiger partial charge in [0, 0.05) is 6.54 Å². The smallest absolute Gasteiger partial charge is 0.257 e. The molecule has 0 bridgehead atoms. The summed E-state index contributed by atoms with van der Waals surface area (Å²) in [6, 6.07) is 5.10. The number of nitrogens with one attached hydrogen (secondary N) is 1. The van der Waals surface area contributed by atoms with E-state index in [0.717, 1.165) is 0 Å². The number of aliphatic hydroxyl groups excluding tert-OH is 1. The number of benzene rings is 1. The first-order valence-electron chi connectivity index (χ1n) is 6.24. The minimum absolute atomic E-state index is 0.0715. The Hall–Kier alpha value is -1.75. The van der Waals surface area contributed by atoms with Crippen molar-refractivity contribution in [3.05, 3.63) is 23.8 Å². The molecule has 0 aliphatic heterocycles. The maximum atomic E-state index is 11.5. The molecule has 0 spiro atoms. The van der Waals surface area contributed by atoms with E-state index in [1.807, 2.05) is 13.8 Å². The van der Waals surface area contributed by atoms with E-state index in [1.54, 1.807) is 18.2 Å². The summed E-state index contributed by atoms with van der Waals surface area (Å²) in [5.74, 6) is 1.21. The second-order valence-corrected chi connectivity index (χ2v) is 4.63. The first-order chi connectivity index (χ1) is 9.06. The summed E-state index contributed by atoms with van der Waals surface area (Å²) in [6.45, 7) is 4.51. The summed E-state index contributed by atoms with van der Waals surface area (Å²) in [5.41, 5.74) is 0.707. The molecule has 0 unspecified atom stereocenters. The number of hydrogen-bond acceptors (Lipinski definition) is 4. The van der Waals surface area contributed by atoms with Crippen LogP contribution in [0.2, 0.25) is 0 Å². The van der Waals surface area contributed by atoms with Gasteiger partial charge in [-0.15, -0.1) is 0 Å². The predicted octanol–water partition coefficient (Wildman–Crippen LogP) is 1.34. The average Bonchev–Trinajstić information content (AvgIpc) is 2.42. The van der Waals surface area contributed by atoms with Crippen LogP contribution < -0.4 is 14.8 Å². The lowest BCUT2D eigenvalue weighted by molar-refractivity contribution is -0.123. The summed E-state index contributed by atoms with van der Waals surface area (Å²) in [7, 11) is 1.53. The quantitative estimate of drug-likeness (QED) is 0.782. The lowest BCUT2D eigenvalue weighted by Crippen LogP contribution is -2.31. The highest BCUT2D eigenvalue weighted by Crippen LogP contribution is 2.27. The van der Waals surface area contributed by atoms with Crippen LogP contribution in [0.3, 0.4) is 0 Å². The molecule has 19 heavy (non-hydrogen) atoms. The highest BCUT2D eigenvalue weighted by Gasteiger charge is 2.08. The molecule has 5 heteroatoms. The summed E-state index contributed by atoms with van der Waals surface area (Å²) >= 11 is 0. The average molecular weight is 267 g/mol. The van der Waals surface area contributed by atoms with Crippen LogP contribution in [0.15, 0.2) is 18.2 Å². The molecule has 0 saturated carbocycles. The Morgan fingerprint density at radius 1 is 1.37 bits per heavy atom. The second-order valence-electron chi connectivity index (χ2n) is 4.63. The Morgan fingerprint density at radius 3 is 2.68 bits per heavy atom. The predicted molar refractivity (Wildman–Crippen MR) is 72.3 cm³/mol. The van der Waals surface area contributed by atoms with E-state index < -0.39 is 0 Å². The largest absolute Gasteiger partial charge is 0.493 e. The summed E-state index contributed by atoms with van der Waals surface area (Å²) in [6.07, 6.45) is 0. The number of hydrogen-bond donors (Lipinski definition) is 2. The normalized spacial score (nSPS) is 10.4. The molecule has 1 amide bonds. The molecule has 5 nitrogen and oxygen atoms in total. The molecule has 0 aromatic heterocycles. The topological polar surface area (TPSA) is 67.8 Å².